The van der Waals surface area contributed by atoms with Crippen molar-refractivity contribution in [2.24, 2.45) is 5.73 Å². The Labute approximate surface area is 103 Å². The van der Waals surface area contributed by atoms with Gasteiger partial charge >= 0.3 is 0 Å². The second-order valence-corrected chi connectivity index (χ2v) is 5.32. The van der Waals surface area contributed by atoms with E-state index < -0.39 is 0 Å². The van der Waals surface area contributed by atoms with Crippen LogP contribution in [0.2, 0.25) is 0 Å². The molecule has 3 heteroatoms. The number of hydrogen-bond donors (Lipinski definition) is 1. The summed E-state index contributed by atoms with van der Waals surface area (Å²) in [6.45, 7) is 4.36. The number of nitrogens with two attached hydrogens (primary N) is 1. The van der Waals surface area contributed by atoms with Gasteiger partial charge in [0.1, 0.15) is 0 Å². The predicted octanol–water partition coefficient (Wildman–Crippen LogP) is 2.47. The molecule has 1 saturated carbocycles. The molecule has 0 aliphatic heterocycles. The van der Waals surface area contributed by atoms with Crippen molar-refractivity contribution in [1.29, 1.82) is 0 Å². The Morgan fingerprint density at radius 1 is 1.18 bits per heavy atom. The van der Waals surface area contributed by atoms with Gasteiger partial charge in [0, 0.05) is 16.5 Å². The molecule has 3 nitrogen and oxygen atoms in total. The molecule has 0 heterocycles. The number of para-hydroxylation sites is 1. The Kier molecular flexibility index (Phi) is 2.82. The molecule has 0 unspecified atom stereocenters. The molecule has 0 amide bonds. The van der Waals surface area contributed by atoms with Crippen molar-refractivity contribution in [3.8, 4) is 11.5 Å². The molecule has 0 atom stereocenters. The SMILES string of the molecule is COc1cccc(C(C)(C)C2(N)CC2)c1OC. The van der Waals surface area contributed by atoms with Gasteiger partial charge in [-0.25, -0.2) is 0 Å². The highest BCUT2D eigenvalue weighted by atomic mass is 16.5. The minimum absolute atomic E-state index is 0.104. The van der Waals surface area contributed by atoms with E-state index in [1.807, 2.05) is 12.1 Å². The summed E-state index contributed by atoms with van der Waals surface area (Å²) in [4.78, 5) is 0. The molecule has 1 aromatic rings. The van der Waals surface area contributed by atoms with Crippen LogP contribution in [0.5, 0.6) is 11.5 Å². The molecule has 0 spiro atoms. The lowest BCUT2D eigenvalue weighted by Crippen LogP contribution is -2.43. The molecule has 2 rings (SSSR count). The highest BCUT2D eigenvalue weighted by Crippen LogP contribution is 2.52. The fraction of sp³-hybridized carbons (Fsp3) is 0.571. The summed E-state index contributed by atoms with van der Waals surface area (Å²) >= 11 is 0. The van der Waals surface area contributed by atoms with Gasteiger partial charge in [0.25, 0.3) is 0 Å². The zero-order valence-corrected chi connectivity index (χ0v) is 11.0. The summed E-state index contributed by atoms with van der Waals surface area (Å²) in [5.41, 5.74) is 7.29. The fourth-order valence-corrected chi connectivity index (χ4v) is 2.41. The van der Waals surface area contributed by atoms with Crippen molar-refractivity contribution >= 4 is 0 Å². The number of benzene rings is 1. The predicted molar refractivity (Wildman–Crippen MR) is 68.7 cm³/mol. The molecule has 94 valence electrons. The van der Waals surface area contributed by atoms with Gasteiger partial charge in [0.2, 0.25) is 0 Å². The molecule has 17 heavy (non-hydrogen) atoms. The smallest absolute Gasteiger partial charge is 0.164 e. The van der Waals surface area contributed by atoms with Crippen LogP contribution in [0, 0.1) is 0 Å². The number of ether oxygens (including phenoxy) is 2. The Balaban J connectivity index is 2.51. The highest BCUT2D eigenvalue weighted by molar-refractivity contribution is 5.51. The third-order valence-electron chi connectivity index (χ3n) is 4.11. The monoisotopic (exact) mass is 235 g/mol. The molecule has 1 aromatic carbocycles. The summed E-state index contributed by atoms with van der Waals surface area (Å²) < 4.78 is 10.8. The van der Waals surface area contributed by atoms with Crippen molar-refractivity contribution in [3.05, 3.63) is 23.8 Å². The minimum Gasteiger partial charge on any atom is -0.493 e. The van der Waals surface area contributed by atoms with E-state index in [4.69, 9.17) is 15.2 Å². The molecule has 0 bridgehead atoms. The quantitative estimate of drug-likeness (QED) is 0.872. The average molecular weight is 235 g/mol. The van der Waals surface area contributed by atoms with E-state index in [0.717, 1.165) is 29.9 Å². The van der Waals surface area contributed by atoms with Gasteiger partial charge in [0.05, 0.1) is 14.2 Å². The van der Waals surface area contributed by atoms with Crippen LogP contribution in [0.4, 0.5) is 0 Å². The van der Waals surface area contributed by atoms with Gasteiger partial charge in [0.15, 0.2) is 11.5 Å². The highest BCUT2D eigenvalue weighted by Gasteiger charge is 2.53. The maximum atomic E-state index is 6.38. The van der Waals surface area contributed by atoms with Crippen molar-refractivity contribution in [2.75, 3.05) is 14.2 Å². The van der Waals surface area contributed by atoms with Crippen molar-refractivity contribution in [2.45, 2.75) is 37.6 Å². The zero-order valence-electron chi connectivity index (χ0n) is 11.0. The van der Waals surface area contributed by atoms with E-state index in [1.54, 1.807) is 14.2 Å². The first kappa shape index (κ1) is 12.2. The van der Waals surface area contributed by atoms with Crippen molar-refractivity contribution in [1.82, 2.24) is 0 Å². The van der Waals surface area contributed by atoms with Gasteiger partial charge < -0.3 is 15.2 Å². The molecular weight excluding hydrogens is 214 g/mol. The van der Waals surface area contributed by atoms with Gasteiger partial charge in [-0.05, 0) is 18.9 Å². The third kappa shape index (κ3) is 1.78. The van der Waals surface area contributed by atoms with Crippen LogP contribution in [-0.4, -0.2) is 19.8 Å². The molecular formula is C14H21NO2. The lowest BCUT2D eigenvalue weighted by molar-refractivity contribution is 0.326. The second kappa shape index (κ2) is 3.91. The van der Waals surface area contributed by atoms with Crippen LogP contribution < -0.4 is 15.2 Å². The van der Waals surface area contributed by atoms with Crippen molar-refractivity contribution < 1.29 is 9.47 Å². The number of methoxy groups -OCH3 is 2. The topological polar surface area (TPSA) is 44.5 Å². The lowest BCUT2D eigenvalue weighted by Gasteiger charge is -2.34. The van der Waals surface area contributed by atoms with Crippen LogP contribution in [0.15, 0.2) is 18.2 Å². The molecule has 0 aromatic heterocycles. The molecule has 1 aliphatic carbocycles. The second-order valence-electron chi connectivity index (χ2n) is 5.32. The Morgan fingerprint density at radius 3 is 2.29 bits per heavy atom. The van der Waals surface area contributed by atoms with E-state index in [2.05, 4.69) is 19.9 Å². The first-order chi connectivity index (χ1) is 7.96. The molecule has 0 saturated heterocycles. The van der Waals surface area contributed by atoms with E-state index >= 15 is 0 Å². The fourth-order valence-electron chi connectivity index (χ4n) is 2.41. The molecule has 2 N–H and O–H groups in total. The Bertz CT molecular complexity index is 422. The Morgan fingerprint density at radius 2 is 1.82 bits per heavy atom. The van der Waals surface area contributed by atoms with E-state index in [0.29, 0.717) is 0 Å². The van der Waals surface area contributed by atoms with Crippen LogP contribution in [0.25, 0.3) is 0 Å². The first-order valence-corrected chi connectivity index (χ1v) is 5.96. The van der Waals surface area contributed by atoms with Crippen LogP contribution in [0.3, 0.4) is 0 Å². The van der Waals surface area contributed by atoms with Crippen molar-refractivity contribution in [3.63, 3.8) is 0 Å². The zero-order chi connectivity index (χ0) is 12.7. The normalized spacial score (nSPS) is 17.7. The van der Waals surface area contributed by atoms with Crippen LogP contribution in [-0.2, 0) is 5.41 Å². The van der Waals surface area contributed by atoms with E-state index in [-0.39, 0.29) is 11.0 Å². The maximum absolute atomic E-state index is 6.38. The summed E-state index contributed by atoms with van der Waals surface area (Å²) in [6.07, 6.45) is 2.14. The lowest BCUT2D eigenvalue weighted by atomic mass is 9.75. The summed E-state index contributed by atoms with van der Waals surface area (Å²) in [6, 6.07) is 5.98. The summed E-state index contributed by atoms with van der Waals surface area (Å²) in [5.74, 6) is 1.57. The van der Waals surface area contributed by atoms with Gasteiger partial charge in [-0.15, -0.1) is 0 Å². The average Bonchev–Trinajstić information content (AvgIpc) is 3.07. The summed E-state index contributed by atoms with van der Waals surface area (Å²) in [5, 5.41) is 0. The molecule has 1 fully saturated rings. The maximum Gasteiger partial charge on any atom is 0.164 e. The number of rotatable bonds is 4. The van der Waals surface area contributed by atoms with E-state index in [1.165, 1.54) is 0 Å². The third-order valence-corrected chi connectivity index (χ3v) is 4.11. The number of hydrogen-bond acceptors (Lipinski definition) is 3. The minimum atomic E-state index is -0.105. The molecule has 0 radical (unpaired) electrons. The summed E-state index contributed by atoms with van der Waals surface area (Å²) in [7, 11) is 3.33. The molecule has 1 aliphatic rings. The van der Waals surface area contributed by atoms with E-state index in [9.17, 15) is 0 Å². The first-order valence-electron chi connectivity index (χ1n) is 5.96. The standard InChI is InChI=1S/C14H21NO2/c1-13(2,14(15)8-9-14)10-6-5-7-11(16-3)12(10)17-4/h5-7H,8-9,15H2,1-4H3. The van der Waals surface area contributed by atoms with Gasteiger partial charge in [-0.2, -0.15) is 0 Å². The van der Waals surface area contributed by atoms with Crippen LogP contribution in [0.1, 0.15) is 32.3 Å². The Hall–Kier alpha value is -1.22. The van der Waals surface area contributed by atoms with Gasteiger partial charge in [-0.3, -0.25) is 0 Å². The largest absolute Gasteiger partial charge is 0.493 e. The van der Waals surface area contributed by atoms with Crippen LogP contribution >= 0.6 is 0 Å². The van der Waals surface area contributed by atoms with Gasteiger partial charge in [-0.1, -0.05) is 26.0 Å².